The molecule has 4 aromatic rings. The molecule has 0 amide bonds. The third-order valence-corrected chi connectivity index (χ3v) is 5.01. The Bertz CT molecular complexity index is 1410. The summed E-state index contributed by atoms with van der Waals surface area (Å²) in [7, 11) is 0. The monoisotopic (exact) mass is 437 g/mol. The highest BCUT2D eigenvalue weighted by Gasteiger charge is 2.07. The van der Waals surface area contributed by atoms with E-state index < -0.39 is 0 Å². The smallest absolute Gasteiger partial charge is 0.128 e. The van der Waals surface area contributed by atoms with Gasteiger partial charge in [0.1, 0.15) is 41.2 Å². The summed E-state index contributed by atoms with van der Waals surface area (Å²) < 4.78 is 11.7. The van der Waals surface area contributed by atoms with Gasteiger partial charge >= 0.3 is 0 Å². The molecule has 0 bridgehead atoms. The van der Waals surface area contributed by atoms with Crippen LogP contribution in [-0.2, 0) is 0 Å². The van der Waals surface area contributed by atoms with Crippen molar-refractivity contribution in [2.24, 2.45) is 0 Å². The van der Waals surface area contributed by atoms with Crippen molar-refractivity contribution in [2.45, 2.75) is 0 Å². The number of hydrogen-bond donors (Lipinski definition) is 0. The molecule has 0 unspecified atom stereocenters. The number of nitriles is 3. The van der Waals surface area contributed by atoms with Gasteiger partial charge in [0.05, 0.1) is 16.7 Å². The number of rotatable bonds is 5. The van der Waals surface area contributed by atoms with E-state index in [9.17, 15) is 0 Å². The summed E-state index contributed by atoms with van der Waals surface area (Å²) >= 11 is 0. The van der Waals surface area contributed by atoms with Gasteiger partial charge in [-0.05, 0) is 71.8 Å². The summed E-state index contributed by atoms with van der Waals surface area (Å²) in [5, 5.41) is 27.3. The maximum Gasteiger partial charge on any atom is 0.128 e. The van der Waals surface area contributed by atoms with E-state index in [1.807, 2.05) is 60.7 Å². The quantitative estimate of drug-likeness (QED) is 0.331. The number of hydrogen-bond acceptors (Lipinski definition) is 5. The lowest BCUT2D eigenvalue weighted by Crippen LogP contribution is -1.89. The standard InChI is InChI=1S/C29H15N3O2/c1-2-20-15-28(13-7-23(20)17-30)33-26-9-3-21(4-10-26)22-5-11-27(12-6-22)34-29-14-8-24(18-31)25(16-29)19-32/h1,3-16H. The van der Waals surface area contributed by atoms with Crippen molar-refractivity contribution in [3.05, 3.63) is 107 Å². The van der Waals surface area contributed by atoms with Crippen LogP contribution in [-0.4, -0.2) is 0 Å². The van der Waals surface area contributed by atoms with Crippen molar-refractivity contribution < 1.29 is 9.47 Å². The molecule has 158 valence electrons. The number of nitrogens with zero attached hydrogens (tertiary/aromatic N) is 3. The fourth-order valence-corrected chi connectivity index (χ4v) is 3.28. The molecule has 0 fully saturated rings. The first-order chi connectivity index (χ1) is 16.6. The van der Waals surface area contributed by atoms with Crippen LogP contribution >= 0.6 is 0 Å². The van der Waals surface area contributed by atoms with Crippen LogP contribution in [0.5, 0.6) is 23.0 Å². The summed E-state index contributed by atoms with van der Waals surface area (Å²) in [6, 6.07) is 31.0. The Hall–Kier alpha value is -5.49. The van der Waals surface area contributed by atoms with E-state index in [1.54, 1.807) is 36.4 Å². The number of ether oxygens (including phenoxy) is 2. The summed E-state index contributed by atoms with van der Waals surface area (Å²) in [5.41, 5.74) is 3.49. The normalized spacial score (nSPS) is 9.65. The Labute approximate surface area is 197 Å². The molecule has 0 aromatic heterocycles. The molecule has 0 atom stereocenters. The molecule has 0 saturated heterocycles. The average Bonchev–Trinajstić information content (AvgIpc) is 2.89. The molecule has 0 saturated carbocycles. The van der Waals surface area contributed by atoms with Gasteiger partial charge in [0.2, 0.25) is 0 Å². The van der Waals surface area contributed by atoms with Crippen LogP contribution in [0.1, 0.15) is 22.3 Å². The predicted molar refractivity (Wildman–Crippen MR) is 127 cm³/mol. The van der Waals surface area contributed by atoms with Gasteiger partial charge in [-0.2, -0.15) is 15.8 Å². The highest BCUT2D eigenvalue weighted by molar-refractivity contribution is 5.65. The van der Waals surface area contributed by atoms with E-state index in [0.717, 1.165) is 11.1 Å². The molecular formula is C29H15N3O2. The highest BCUT2D eigenvalue weighted by atomic mass is 16.5. The van der Waals surface area contributed by atoms with Crippen LogP contribution in [0, 0.1) is 46.3 Å². The summed E-state index contributed by atoms with van der Waals surface area (Å²) in [6.45, 7) is 0. The Kier molecular flexibility index (Phi) is 6.24. The van der Waals surface area contributed by atoms with Gasteiger partial charge in [-0.15, -0.1) is 6.42 Å². The fraction of sp³-hybridized carbons (Fsp3) is 0. The third-order valence-electron chi connectivity index (χ3n) is 5.01. The van der Waals surface area contributed by atoms with Crippen molar-refractivity contribution in [1.82, 2.24) is 0 Å². The minimum absolute atomic E-state index is 0.274. The largest absolute Gasteiger partial charge is 0.457 e. The van der Waals surface area contributed by atoms with Gasteiger partial charge in [-0.3, -0.25) is 0 Å². The van der Waals surface area contributed by atoms with Crippen molar-refractivity contribution in [3.63, 3.8) is 0 Å². The van der Waals surface area contributed by atoms with Crippen LogP contribution in [0.2, 0.25) is 0 Å². The lowest BCUT2D eigenvalue weighted by Gasteiger charge is -2.09. The van der Waals surface area contributed by atoms with E-state index >= 15 is 0 Å². The van der Waals surface area contributed by atoms with E-state index in [0.29, 0.717) is 39.7 Å². The average molecular weight is 437 g/mol. The van der Waals surface area contributed by atoms with Crippen LogP contribution < -0.4 is 9.47 Å². The Balaban J connectivity index is 1.46. The fourth-order valence-electron chi connectivity index (χ4n) is 3.28. The first-order valence-corrected chi connectivity index (χ1v) is 10.1. The molecule has 0 N–H and O–H groups in total. The van der Waals surface area contributed by atoms with Crippen LogP contribution in [0.25, 0.3) is 11.1 Å². The third kappa shape index (κ3) is 4.71. The second kappa shape index (κ2) is 9.76. The van der Waals surface area contributed by atoms with Gasteiger partial charge < -0.3 is 9.47 Å². The molecule has 4 aromatic carbocycles. The van der Waals surface area contributed by atoms with Crippen LogP contribution in [0.3, 0.4) is 0 Å². The van der Waals surface area contributed by atoms with Crippen molar-refractivity contribution in [1.29, 1.82) is 15.8 Å². The topological polar surface area (TPSA) is 89.8 Å². The second-order valence-electron chi connectivity index (χ2n) is 7.15. The molecular weight excluding hydrogens is 422 g/mol. The molecule has 5 heteroatoms. The van der Waals surface area contributed by atoms with Gasteiger partial charge in [0.15, 0.2) is 0 Å². The van der Waals surface area contributed by atoms with Crippen molar-refractivity contribution >= 4 is 0 Å². The van der Waals surface area contributed by atoms with Gasteiger partial charge in [0.25, 0.3) is 0 Å². The SMILES string of the molecule is C#Cc1cc(Oc2ccc(-c3ccc(Oc4ccc(C#N)c(C#N)c4)cc3)cc2)ccc1C#N. The molecule has 0 aliphatic rings. The minimum atomic E-state index is 0.274. The number of benzene rings is 4. The van der Waals surface area contributed by atoms with E-state index in [-0.39, 0.29) is 5.56 Å². The minimum Gasteiger partial charge on any atom is -0.457 e. The molecule has 4 rings (SSSR count). The Morgan fingerprint density at radius 3 is 1.26 bits per heavy atom. The van der Waals surface area contributed by atoms with Crippen LogP contribution in [0.4, 0.5) is 0 Å². The van der Waals surface area contributed by atoms with E-state index in [2.05, 4.69) is 12.0 Å². The maximum absolute atomic E-state index is 9.16. The maximum atomic E-state index is 9.16. The molecule has 0 aliphatic heterocycles. The number of terminal acetylenes is 1. The lowest BCUT2D eigenvalue weighted by molar-refractivity contribution is 0.482. The summed E-state index contributed by atoms with van der Waals surface area (Å²) in [5.74, 6) is 4.80. The molecule has 0 spiro atoms. The molecule has 0 radical (unpaired) electrons. The molecule has 34 heavy (non-hydrogen) atoms. The first kappa shape index (κ1) is 21.7. The zero-order valence-electron chi connectivity index (χ0n) is 17.8. The van der Waals surface area contributed by atoms with Crippen LogP contribution in [0.15, 0.2) is 84.9 Å². The first-order valence-electron chi connectivity index (χ1n) is 10.1. The van der Waals surface area contributed by atoms with Crippen molar-refractivity contribution in [3.8, 4) is 64.7 Å². The predicted octanol–water partition coefficient (Wildman–Crippen LogP) is 6.53. The zero-order valence-corrected chi connectivity index (χ0v) is 17.8. The lowest BCUT2D eigenvalue weighted by atomic mass is 10.1. The van der Waals surface area contributed by atoms with Crippen molar-refractivity contribution in [2.75, 3.05) is 0 Å². The summed E-state index contributed by atoms with van der Waals surface area (Å²) in [6.07, 6.45) is 5.46. The van der Waals surface area contributed by atoms with E-state index in [4.69, 9.17) is 31.7 Å². The highest BCUT2D eigenvalue weighted by Crippen LogP contribution is 2.29. The second-order valence-corrected chi connectivity index (χ2v) is 7.15. The van der Waals surface area contributed by atoms with E-state index in [1.165, 1.54) is 0 Å². The Morgan fingerprint density at radius 1 is 0.471 bits per heavy atom. The Morgan fingerprint density at radius 2 is 0.853 bits per heavy atom. The molecule has 5 nitrogen and oxygen atoms in total. The molecule has 0 heterocycles. The van der Waals surface area contributed by atoms with Gasteiger partial charge in [-0.25, -0.2) is 0 Å². The summed E-state index contributed by atoms with van der Waals surface area (Å²) in [4.78, 5) is 0. The van der Waals surface area contributed by atoms with Gasteiger partial charge in [-0.1, -0.05) is 30.2 Å². The zero-order chi connectivity index (χ0) is 23.9. The van der Waals surface area contributed by atoms with Gasteiger partial charge in [0, 0.05) is 5.56 Å². The molecule has 0 aliphatic carbocycles.